The van der Waals surface area contributed by atoms with Gasteiger partial charge in [0.15, 0.2) is 0 Å². The third kappa shape index (κ3) is 9.02. The molecule has 0 heterocycles. The quantitative estimate of drug-likeness (QED) is 0.382. The molecule has 0 aromatic heterocycles. The van der Waals surface area contributed by atoms with Gasteiger partial charge in [-0.15, -0.1) is 0 Å². The lowest BCUT2D eigenvalue weighted by Crippen LogP contribution is -1.93. The number of rotatable bonds is 1. The molecule has 0 unspecified atom stereocenters. The molecule has 1 aromatic rings. The number of anilines is 2. The zero-order valence-electron chi connectivity index (χ0n) is 8.41. The van der Waals surface area contributed by atoms with E-state index in [-0.39, 0.29) is 5.48 Å². The second-order valence-electron chi connectivity index (χ2n) is 2.45. The Morgan fingerprint density at radius 1 is 1.25 bits per heavy atom. The number of hydrogen-bond donors (Lipinski definition) is 4. The van der Waals surface area contributed by atoms with Crippen molar-refractivity contribution in [1.82, 2.24) is 0 Å². The van der Waals surface area contributed by atoms with E-state index in [1.165, 1.54) is 0 Å². The standard InChI is InChI=1S/C7H10N2O.H2O4S.H2O/c1-10-7-3-2-5(8)4-6(7)9;1-5(2,3)4;/h2-4H,8-9H2,1H3;(H2,1,2,3,4);1H2. The predicted octanol–water partition coefficient (Wildman–Crippen LogP) is -0.618. The minimum absolute atomic E-state index is 0. The fraction of sp³-hybridized carbons (Fsp3) is 0.143. The van der Waals surface area contributed by atoms with Crippen LogP contribution in [0.2, 0.25) is 0 Å². The predicted molar refractivity (Wildman–Crippen MR) is 59.6 cm³/mol. The van der Waals surface area contributed by atoms with E-state index in [0.717, 1.165) is 0 Å². The number of nitrogen functional groups attached to an aromatic ring is 2. The van der Waals surface area contributed by atoms with Crippen molar-refractivity contribution in [3.8, 4) is 5.75 Å². The highest BCUT2D eigenvalue weighted by molar-refractivity contribution is 7.79. The first-order valence-electron chi connectivity index (χ1n) is 3.63. The Hall–Kier alpha value is -1.55. The lowest BCUT2D eigenvalue weighted by molar-refractivity contribution is 0.381. The van der Waals surface area contributed by atoms with Gasteiger partial charge in [0, 0.05) is 5.69 Å². The van der Waals surface area contributed by atoms with Crippen LogP contribution in [0.15, 0.2) is 18.2 Å². The van der Waals surface area contributed by atoms with Crippen molar-refractivity contribution in [2.24, 2.45) is 0 Å². The minimum atomic E-state index is -4.67. The lowest BCUT2D eigenvalue weighted by Gasteiger charge is -2.03. The molecule has 0 aliphatic rings. The summed E-state index contributed by atoms with van der Waals surface area (Å²) in [7, 11) is -3.10. The number of benzene rings is 1. The second kappa shape index (κ2) is 6.85. The van der Waals surface area contributed by atoms with Gasteiger partial charge in [0.1, 0.15) is 5.75 Å². The smallest absolute Gasteiger partial charge is 0.394 e. The van der Waals surface area contributed by atoms with Crippen molar-refractivity contribution in [2.45, 2.75) is 0 Å². The average Bonchev–Trinajstić information content (AvgIpc) is 2.01. The van der Waals surface area contributed by atoms with Crippen molar-refractivity contribution in [3.63, 3.8) is 0 Å². The molecule has 0 radical (unpaired) electrons. The Balaban J connectivity index is 0. The molecule has 0 amide bonds. The molecule has 0 atom stereocenters. The van der Waals surface area contributed by atoms with Crippen LogP contribution in [0.4, 0.5) is 11.4 Å². The van der Waals surface area contributed by atoms with Crippen LogP contribution >= 0.6 is 0 Å². The number of ether oxygens (including phenoxy) is 1. The van der Waals surface area contributed by atoms with Crippen molar-refractivity contribution >= 4 is 21.8 Å². The molecule has 94 valence electrons. The van der Waals surface area contributed by atoms with Gasteiger partial charge in [-0.3, -0.25) is 9.11 Å². The summed E-state index contributed by atoms with van der Waals surface area (Å²) < 4.78 is 36.5. The maximum atomic E-state index is 8.74. The molecular weight excluding hydrogens is 240 g/mol. The summed E-state index contributed by atoms with van der Waals surface area (Å²) in [5.74, 6) is 0.661. The third-order valence-corrected chi connectivity index (χ3v) is 1.25. The number of hydrogen-bond acceptors (Lipinski definition) is 5. The first-order valence-corrected chi connectivity index (χ1v) is 5.02. The van der Waals surface area contributed by atoms with Crippen molar-refractivity contribution in [3.05, 3.63) is 18.2 Å². The van der Waals surface area contributed by atoms with Crippen molar-refractivity contribution in [1.29, 1.82) is 0 Å². The van der Waals surface area contributed by atoms with E-state index in [1.807, 2.05) is 0 Å². The Kier molecular flexibility index (Phi) is 7.22. The highest BCUT2D eigenvalue weighted by atomic mass is 32.3. The van der Waals surface area contributed by atoms with Gasteiger partial charge in [-0.2, -0.15) is 8.42 Å². The van der Waals surface area contributed by atoms with Gasteiger partial charge >= 0.3 is 10.4 Å². The van der Waals surface area contributed by atoms with E-state index in [9.17, 15) is 0 Å². The Labute approximate surface area is 92.7 Å². The van der Waals surface area contributed by atoms with Crippen molar-refractivity contribution in [2.75, 3.05) is 18.6 Å². The molecule has 0 aliphatic heterocycles. The highest BCUT2D eigenvalue weighted by Crippen LogP contribution is 2.22. The zero-order chi connectivity index (χ0) is 12.1. The van der Waals surface area contributed by atoms with Gasteiger partial charge < -0.3 is 21.7 Å². The van der Waals surface area contributed by atoms with Crippen LogP contribution in [0.3, 0.4) is 0 Å². The molecule has 0 saturated heterocycles. The first kappa shape index (κ1) is 16.9. The summed E-state index contributed by atoms with van der Waals surface area (Å²) in [6, 6.07) is 5.15. The van der Waals surface area contributed by atoms with Gasteiger partial charge in [-0.25, -0.2) is 0 Å². The van der Waals surface area contributed by atoms with Crippen LogP contribution in [0, 0.1) is 0 Å². The van der Waals surface area contributed by atoms with E-state index >= 15 is 0 Å². The van der Waals surface area contributed by atoms with E-state index in [4.69, 9.17) is 33.7 Å². The minimum Gasteiger partial charge on any atom is -0.495 e. The van der Waals surface area contributed by atoms with Gasteiger partial charge in [-0.05, 0) is 18.2 Å². The molecule has 8 N–H and O–H groups in total. The van der Waals surface area contributed by atoms with Crippen LogP contribution in [0.1, 0.15) is 0 Å². The van der Waals surface area contributed by atoms with E-state index in [2.05, 4.69) is 0 Å². The second-order valence-corrected chi connectivity index (χ2v) is 3.34. The normalized spacial score (nSPS) is 9.44. The summed E-state index contributed by atoms with van der Waals surface area (Å²) in [6.45, 7) is 0. The third-order valence-electron chi connectivity index (χ3n) is 1.25. The molecule has 0 spiro atoms. The molecule has 9 heteroatoms. The largest absolute Gasteiger partial charge is 0.495 e. The van der Waals surface area contributed by atoms with Crippen LogP contribution in [0.25, 0.3) is 0 Å². The molecule has 0 saturated carbocycles. The topological polar surface area (TPSA) is 167 Å². The molecular formula is C7H14N2O6S. The van der Waals surface area contributed by atoms with Crippen LogP contribution in [-0.2, 0) is 10.4 Å². The van der Waals surface area contributed by atoms with Gasteiger partial charge in [0.25, 0.3) is 0 Å². The summed E-state index contributed by atoms with van der Waals surface area (Å²) >= 11 is 0. The molecule has 1 aromatic carbocycles. The molecule has 1 rings (SSSR count). The van der Waals surface area contributed by atoms with Crippen molar-refractivity contribution < 1.29 is 27.7 Å². The summed E-state index contributed by atoms with van der Waals surface area (Å²) in [5.41, 5.74) is 12.2. The molecule has 0 bridgehead atoms. The Morgan fingerprint density at radius 2 is 1.69 bits per heavy atom. The monoisotopic (exact) mass is 254 g/mol. The maximum Gasteiger partial charge on any atom is 0.394 e. The summed E-state index contributed by atoms with van der Waals surface area (Å²) in [5, 5.41) is 0. The highest BCUT2D eigenvalue weighted by Gasteiger charge is 1.96. The summed E-state index contributed by atoms with van der Waals surface area (Å²) in [4.78, 5) is 0. The number of nitrogens with two attached hydrogens (primary N) is 2. The fourth-order valence-electron chi connectivity index (χ4n) is 0.753. The fourth-order valence-corrected chi connectivity index (χ4v) is 0.753. The van der Waals surface area contributed by atoms with Gasteiger partial charge in [-0.1, -0.05) is 0 Å². The molecule has 8 nitrogen and oxygen atoms in total. The van der Waals surface area contributed by atoms with E-state index in [1.54, 1.807) is 25.3 Å². The average molecular weight is 254 g/mol. The zero-order valence-corrected chi connectivity index (χ0v) is 9.23. The first-order chi connectivity index (χ1) is 6.74. The lowest BCUT2D eigenvalue weighted by atomic mass is 10.2. The molecule has 0 fully saturated rings. The van der Waals surface area contributed by atoms with Crippen LogP contribution in [-0.4, -0.2) is 30.1 Å². The molecule has 16 heavy (non-hydrogen) atoms. The maximum absolute atomic E-state index is 8.74. The van der Waals surface area contributed by atoms with Crippen LogP contribution in [0.5, 0.6) is 5.75 Å². The van der Waals surface area contributed by atoms with Gasteiger partial charge in [0.2, 0.25) is 0 Å². The van der Waals surface area contributed by atoms with E-state index in [0.29, 0.717) is 17.1 Å². The molecule has 0 aliphatic carbocycles. The SMILES string of the molecule is COc1ccc(N)cc1N.O.O=S(=O)(O)O. The summed E-state index contributed by atoms with van der Waals surface area (Å²) in [6.07, 6.45) is 0. The number of methoxy groups -OCH3 is 1. The van der Waals surface area contributed by atoms with Gasteiger partial charge in [0.05, 0.1) is 12.8 Å². The van der Waals surface area contributed by atoms with Crippen LogP contribution < -0.4 is 16.2 Å². The Bertz CT molecular complexity index is 411. The van der Waals surface area contributed by atoms with E-state index < -0.39 is 10.4 Å². The Morgan fingerprint density at radius 3 is 2.00 bits per heavy atom.